The van der Waals surface area contributed by atoms with Crippen LogP contribution in [0.1, 0.15) is 12.8 Å². The van der Waals surface area contributed by atoms with E-state index in [-0.39, 0.29) is 33.3 Å². The summed E-state index contributed by atoms with van der Waals surface area (Å²) in [5, 5.41) is 20.5. The Bertz CT molecular complexity index is 686. The lowest BCUT2D eigenvalue weighted by atomic mass is 10.00. The fraction of sp³-hybridized carbons (Fsp3) is 0.636. The predicted molar refractivity (Wildman–Crippen MR) is 76.4 cm³/mol. The van der Waals surface area contributed by atoms with Gasteiger partial charge in [-0.3, -0.25) is 10.1 Å². The molecule has 3 unspecified atom stereocenters. The average Bonchev–Trinajstić information content (AvgIpc) is 3.05. The topological polar surface area (TPSA) is 127 Å². The maximum Gasteiger partial charge on any atom is 0.304 e. The van der Waals surface area contributed by atoms with E-state index in [1.54, 1.807) is 0 Å². The van der Waals surface area contributed by atoms with E-state index in [1.807, 2.05) is 0 Å². The minimum atomic E-state index is -3.78. The molecule has 0 aromatic carbocycles. The van der Waals surface area contributed by atoms with Gasteiger partial charge in [0, 0.05) is 25.1 Å². The van der Waals surface area contributed by atoms with Gasteiger partial charge in [-0.1, -0.05) is 11.3 Å². The van der Waals surface area contributed by atoms with E-state index >= 15 is 0 Å². The van der Waals surface area contributed by atoms with Gasteiger partial charge < -0.3 is 10.8 Å². The number of fused-ring (bicyclic) bond motifs is 1. The highest BCUT2D eigenvalue weighted by atomic mass is 32.2. The number of nitro groups is 1. The van der Waals surface area contributed by atoms with E-state index in [9.17, 15) is 23.6 Å². The minimum Gasteiger partial charge on any atom is -0.393 e. The van der Waals surface area contributed by atoms with Gasteiger partial charge in [0.1, 0.15) is 4.21 Å². The van der Waals surface area contributed by atoms with Gasteiger partial charge in [0.25, 0.3) is 10.0 Å². The molecule has 10 heteroatoms. The van der Waals surface area contributed by atoms with E-state index in [0.29, 0.717) is 24.3 Å². The molecule has 2 aliphatic rings. The Kier molecular flexibility index (Phi) is 3.43. The van der Waals surface area contributed by atoms with Crippen molar-refractivity contribution in [2.24, 2.45) is 11.8 Å². The van der Waals surface area contributed by atoms with E-state index in [2.05, 4.69) is 0 Å². The number of anilines is 1. The van der Waals surface area contributed by atoms with Crippen LogP contribution < -0.4 is 5.73 Å². The Morgan fingerprint density at radius 2 is 2.14 bits per heavy atom. The lowest BCUT2D eigenvalue weighted by Crippen LogP contribution is -2.30. The fourth-order valence-electron chi connectivity index (χ4n) is 3.16. The van der Waals surface area contributed by atoms with Crippen LogP contribution in [-0.2, 0) is 10.0 Å². The molecule has 1 aromatic heterocycles. The lowest BCUT2D eigenvalue weighted by molar-refractivity contribution is -0.383. The monoisotopic (exact) mass is 333 g/mol. The summed E-state index contributed by atoms with van der Waals surface area (Å²) < 4.78 is 26.3. The summed E-state index contributed by atoms with van der Waals surface area (Å²) in [6.45, 7) is 0.620. The molecular formula is C11H15N3O5S2. The molecule has 0 radical (unpaired) electrons. The number of nitrogens with two attached hydrogens (primary N) is 1. The van der Waals surface area contributed by atoms with E-state index < -0.39 is 21.1 Å². The summed E-state index contributed by atoms with van der Waals surface area (Å²) in [6, 6.07) is 1.01. The highest BCUT2D eigenvalue weighted by Gasteiger charge is 2.46. The summed E-state index contributed by atoms with van der Waals surface area (Å²) in [5.74, 6) is 0.133. The molecule has 0 spiro atoms. The second-order valence-electron chi connectivity index (χ2n) is 5.46. The third-order valence-corrected chi connectivity index (χ3v) is 7.53. The van der Waals surface area contributed by atoms with Crippen LogP contribution in [0.4, 0.5) is 10.7 Å². The van der Waals surface area contributed by atoms with Gasteiger partial charge in [-0.25, -0.2) is 8.42 Å². The summed E-state index contributed by atoms with van der Waals surface area (Å²) in [5.41, 5.74) is 5.13. The number of nitrogen functional groups attached to an aromatic ring is 1. The van der Waals surface area contributed by atoms with Gasteiger partial charge in [-0.2, -0.15) is 4.31 Å². The van der Waals surface area contributed by atoms with Crippen molar-refractivity contribution in [3.63, 3.8) is 0 Å². The second kappa shape index (κ2) is 4.90. The Morgan fingerprint density at radius 3 is 2.71 bits per heavy atom. The standard InChI is InChI=1S/C11H15N3O5S2/c12-11-8(14(16)17)3-10(20-11)21(18,19)13-4-6-1-2-9(15)7(6)5-13/h3,6-7,9,15H,1-2,4-5,12H2. The number of aliphatic hydroxyl groups excluding tert-OH is 1. The molecule has 1 saturated carbocycles. The van der Waals surface area contributed by atoms with E-state index in [4.69, 9.17) is 5.73 Å². The van der Waals surface area contributed by atoms with Crippen molar-refractivity contribution in [3.05, 3.63) is 16.2 Å². The van der Waals surface area contributed by atoms with Crippen LogP contribution in [0, 0.1) is 22.0 Å². The normalized spacial score (nSPS) is 29.7. The first-order chi connectivity index (χ1) is 9.80. The van der Waals surface area contributed by atoms with Crippen LogP contribution in [0.3, 0.4) is 0 Å². The average molecular weight is 333 g/mol. The van der Waals surface area contributed by atoms with Gasteiger partial charge >= 0.3 is 5.69 Å². The van der Waals surface area contributed by atoms with Crippen LogP contribution >= 0.6 is 11.3 Å². The zero-order valence-electron chi connectivity index (χ0n) is 11.0. The zero-order valence-corrected chi connectivity index (χ0v) is 12.6. The number of sulfonamides is 1. The molecule has 2 heterocycles. The quantitative estimate of drug-likeness (QED) is 0.617. The Balaban J connectivity index is 1.88. The summed E-state index contributed by atoms with van der Waals surface area (Å²) in [6.07, 6.45) is 1.06. The molecule has 0 amide bonds. The summed E-state index contributed by atoms with van der Waals surface area (Å²) in [7, 11) is -3.78. The van der Waals surface area contributed by atoms with Crippen molar-refractivity contribution < 1.29 is 18.4 Å². The summed E-state index contributed by atoms with van der Waals surface area (Å²) in [4.78, 5) is 10.1. The number of nitrogens with zero attached hydrogens (tertiary/aromatic N) is 2. The van der Waals surface area contributed by atoms with Gasteiger partial charge in [0.05, 0.1) is 11.0 Å². The highest BCUT2D eigenvalue weighted by molar-refractivity contribution is 7.91. The maximum atomic E-state index is 12.5. The molecule has 1 aliphatic carbocycles. The first-order valence-corrected chi connectivity index (χ1v) is 8.78. The number of hydrogen-bond acceptors (Lipinski definition) is 7. The smallest absolute Gasteiger partial charge is 0.304 e. The molecule has 8 nitrogen and oxygen atoms in total. The molecule has 3 rings (SSSR count). The number of aliphatic hydroxyl groups is 1. The lowest BCUT2D eigenvalue weighted by Gasteiger charge is -2.16. The predicted octanol–water partition coefficient (Wildman–Crippen LogP) is 0.630. The van der Waals surface area contributed by atoms with Crippen molar-refractivity contribution in [1.82, 2.24) is 4.31 Å². The number of hydrogen-bond donors (Lipinski definition) is 2. The van der Waals surface area contributed by atoms with Crippen LogP contribution in [-0.4, -0.2) is 41.9 Å². The Labute approximate surface area is 125 Å². The van der Waals surface area contributed by atoms with Crippen molar-refractivity contribution in [1.29, 1.82) is 0 Å². The zero-order chi connectivity index (χ0) is 15.4. The molecule has 2 fully saturated rings. The Morgan fingerprint density at radius 1 is 1.43 bits per heavy atom. The van der Waals surface area contributed by atoms with Crippen molar-refractivity contribution in [2.45, 2.75) is 23.2 Å². The van der Waals surface area contributed by atoms with E-state index in [0.717, 1.165) is 12.5 Å². The van der Waals surface area contributed by atoms with Crippen LogP contribution in [0.5, 0.6) is 0 Å². The summed E-state index contributed by atoms with van der Waals surface area (Å²) >= 11 is 0.709. The van der Waals surface area contributed by atoms with Gasteiger partial charge in [0.2, 0.25) is 0 Å². The van der Waals surface area contributed by atoms with E-state index in [1.165, 1.54) is 4.31 Å². The maximum absolute atomic E-state index is 12.5. The van der Waals surface area contributed by atoms with Crippen LogP contribution in [0.2, 0.25) is 0 Å². The van der Waals surface area contributed by atoms with Gasteiger partial charge in [0.15, 0.2) is 5.00 Å². The first-order valence-electron chi connectivity index (χ1n) is 6.52. The van der Waals surface area contributed by atoms with Crippen LogP contribution in [0.15, 0.2) is 10.3 Å². The Hall–Kier alpha value is -1.23. The number of rotatable bonds is 3. The molecule has 116 valence electrons. The largest absolute Gasteiger partial charge is 0.393 e. The minimum absolute atomic E-state index is 0.0351. The molecule has 1 saturated heterocycles. The number of thiophene rings is 1. The molecule has 3 N–H and O–H groups in total. The van der Waals surface area contributed by atoms with Gasteiger partial charge in [-0.15, -0.1) is 0 Å². The molecular weight excluding hydrogens is 318 g/mol. The van der Waals surface area contributed by atoms with Crippen LogP contribution in [0.25, 0.3) is 0 Å². The fourth-order valence-corrected chi connectivity index (χ4v) is 6.07. The van der Waals surface area contributed by atoms with Crippen molar-refractivity contribution in [2.75, 3.05) is 18.8 Å². The third-order valence-electron chi connectivity index (χ3n) is 4.29. The SMILES string of the molecule is Nc1sc(S(=O)(=O)N2CC3CCC(O)C3C2)cc1[N+](=O)[O-]. The second-order valence-corrected chi connectivity index (χ2v) is 8.71. The van der Waals surface area contributed by atoms with Crippen molar-refractivity contribution in [3.8, 4) is 0 Å². The van der Waals surface area contributed by atoms with Crippen molar-refractivity contribution >= 4 is 32.0 Å². The highest BCUT2D eigenvalue weighted by Crippen LogP contribution is 2.42. The third kappa shape index (κ3) is 2.31. The molecule has 1 aromatic rings. The van der Waals surface area contributed by atoms with Gasteiger partial charge in [-0.05, 0) is 18.8 Å². The molecule has 0 bridgehead atoms. The molecule has 21 heavy (non-hydrogen) atoms. The molecule has 1 aliphatic heterocycles. The molecule has 3 atom stereocenters. The first kappa shape index (κ1) is 14.7.